The maximum absolute atomic E-state index is 5.10. The highest BCUT2D eigenvalue weighted by atomic mass is 16.3. The van der Waals surface area contributed by atoms with Gasteiger partial charge in [0.25, 0.3) is 0 Å². The van der Waals surface area contributed by atoms with Crippen LogP contribution in [0.4, 0.5) is 0 Å². The van der Waals surface area contributed by atoms with Gasteiger partial charge in [0.2, 0.25) is 0 Å². The van der Waals surface area contributed by atoms with E-state index in [0.29, 0.717) is 0 Å². The molecular formula is C9H12N2O. The average molecular weight is 164 g/mol. The second kappa shape index (κ2) is 5.39. The van der Waals surface area contributed by atoms with Crippen LogP contribution >= 0.6 is 0 Å². The van der Waals surface area contributed by atoms with Crippen molar-refractivity contribution in [2.75, 3.05) is 6.54 Å². The lowest BCUT2D eigenvalue weighted by molar-refractivity contribution is 0.478. The molecule has 1 aromatic heterocycles. The molecule has 1 heterocycles. The van der Waals surface area contributed by atoms with Gasteiger partial charge in [0.1, 0.15) is 5.76 Å². The second-order valence-corrected chi connectivity index (χ2v) is 2.45. The van der Waals surface area contributed by atoms with E-state index < -0.39 is 0 Å². The smallest absolute Gasteiger partial charge is 0.180 e. The number of nitrogens with one attached hydrogen (secondary N) is 1. The van der Waals surface area contributed by atoms with E-state index in [1.54, 1.807) is 6.20 Å². The molecule has 1 aromatic rings. The van der Waals surface area contributed by atoms with Gasteiger partial charge in [-0.05, 0) is 13.0 Å². The molecule has 0 aliphatic heterocycles. The highest BCUT2D eigenvalue weighted by Crippen LogP contribution is 1.94. The summed E-state index contributed by atoms with van der Waals surface area (Å²) in [4.78, 5) is 3.80. The summed E-state index contributed by atoms with van der Waals surface area (Å²) in [6.07, 6.45) is 10.1. The summed E-state index contributed by atoms with van der Waals surface area (Å²) in [5.74, 6) is 3.44. The normalized spacial score (nSPS) is 9.58. The van der Waals surface area contributed by atoms with Crippen molar-refractivity contribution in [3.63, 3.8) is 0 Å². The highest BCUT2D eigenvalue weighted by Gasteiger charge is 1.93. The molecule has 0 spiro atoms. The SMILES string of the molecule is C#CCCCNCc1cnco1. The van der Waals surface area contributed by atoms with Gasteiger partial charge >= 0.3 is 0 Å². The van der Waals surface area contributed by atoms with E-state index in [4.69, 9.17) is 10.8 Å². The molecule has 3 heteroatoms. The van der Waals surface area contributed by atoms with Crippen molar-refractivity contribution in [3.8, 4) is 12.3 Å². The molecule has 0 saturated heterocycles. The van der Waals surface area contributed by atoms with Crippen molar-refractivity contribution in [3.05, 3.63) is 18.4 Å². The Morgan fingerprint density at radius 2 is 2.58 bits per heavy atom. The van der Waals surface area contributed by atoms with Crippen LogP contribution in [0.3, 0.4) is 0 Å². The summed E-state index contributed by atoms with van der Waals surface area (Å²) < 4.78 is 5.03. The van der Waals surface area contributed by atoms with Gasteiger partial charge in [-0.1, -0.05) is 0 Å². The molecular weight excluding hydrogens is 152 g/mol. The minimum atomic E-state index is 0.727. The standard InChI is InChI=1S/C9H12N2O/c1-2-3-4-5-10-6-9-7-11-8-12-9/h1,7-8,10H,3-6H2. The predicted molar refractivity (Wildman–Crippen MR) is 46.3 cm³/mol. The van der Waals surface area contributed by atoms with Crippen LogP contribution in [-0.4, -0.2) is 11.5 Å². The van der Waals surface area contributed by atoms with E-state index in [9.17, 15) is 0 Å². The van der Waals surface area contributed by atoms with Crippen LogP contribution < -0.4 is 5.32 Å². The van der Waals surface area contributed by atoms with Gasteiger partial charge < -0.3 is 9.73 Å². The van der Waals surface area contributed by atoms with E-state index in [-0.39, 0.29) is 0 Å². The number of hydrogen-bond acceptors (Lipinski definition) is 3. The van der Waals surface area contributed by atoms with Crippen LogP contribution in [-0.2, 0) is 6.54 Å². The molecule has 0 fully saturated rings. The van der Waals surface area contributed by atoms with Gasteiger partial charge in [-0.3, -0.25) is 0 Å². The predicted octanol–water partition coefficient (Wildman–Crippen LogP) is 1.18. The maximum Gasteiger partial charge on any atom is 0.180 e. The third-order valence-electron chi connectivity index (χ3n) is 1.46. The molecule has 0 amide bonds. The number of terminal acetylenes is 1. The number of oxazole rings is 1. The Morgan fingerprint density at radius 1 is 1.67 bits per heavy atom. The molecule has 0 atom stereocenters. The van der Waals surface area contributed by atoms with Gasteiger partial charge in [-0.25, -0.2) is 4.98 Å². The molecule has 0 aliphatic carbocycles. The number of aromatic nitrogens is 1. The minimum Gasteiger partial charge on any atom is -0.447 e. The highest BCUT2D eigenvalue weighted by molar-refractivity contribution is 4.87. The van der Waals surface area contributed by atoms with Gasteiger partial charge in [0.15, 0.2) is 6.39 Å². The molecule has 0 aliphatic rings. The summed E-state index contributed by atoms with van der Waals surface area (Å²) in [5.41, 5.74) is 0. The third kappa shape index (κ3) is 3.22. The Kier molecular flexibility index (Phi) is 3.96. The minimum absolute atomic E-state index is 0.727. The van der Waals surface area contributed by atoms with Crippen molar-refractivity contribution in [2.24, 2.45) is 0 Å². The van der Waals surface area contributed by atoms with E-state index in [1.807, 2.05) is 0 Å². The molecule has 0 bridgehead atoms. The zero-order valence-corrected chi connectivity index (χ0v) is 6.92. The van der Waals surface area contributed by atoms with Gasteiger partial charge in [-0.2, -0.15) is 0 Å². The molecule has 0 radical (unpaired) electrons. The topological polar surface area (TPSA) is 38.1 Å². The number of rotatable bonds is 5. The second-order valence-electron chi connectivity index (χ2n) is 2.45. The summed E-state index contributed by atoms with van der Waals surface area (Å²) in [7, 11) is 0. The van der Waals surface area contributed by atoms with Crippen LogP contribution in [0.1, 0.15) is 18.6 Å². The van der Waals surface area contributed by atoms with Crippen LogP contribution in [0.25, 0.3) is 0 Å². The molecule has 0 saturated carbocycles. The number of unbranched alkanes of at least 4 members (excludes halogenated alkanes) is 1. The summed E-state index contributed by atoms with van der Waals surface area (Å²) in [6, 6.07) is 0. The van der Waals surface area contributed by atoms with Crippen molar-refractivity contribution in [1.29, 1.82) is 0 Å². The monoisotopic (exact) mass is 164 g/mol. The van der Waals surface area contributed by atoms with E-state index in [2.05, 4.69) is 16.2 Å². The third-order valence-corrected chi connectivity index (χ3v) is 1.46. The van der Waals surface area contributed by atoms with Crippen molar-refractivity contribution < 1.29 is 4.42 Å². The van der Waals surface area contributed by atoms with E-state index in [1.165, 1.54) is 6.39 Å². The first kappa shape index (κ1) is 8.82. The maximum atomic E-state index is 5.10. The van der Waals surface area contributed by atoms with E-state index >= 15 is 0 Å². The Morgan fingerprint density at radius 3 is 3.25 bits per heavy atom. The molecule has 12 heavy (non-hydrogen) atoms. The first-order chi connectivity index (χ1) is 5.93. The fraction of sp³-hybridized carbons (Fsp3) is 0.444. The molecule has 0 aromatic carbocycles. The van der Waals surface area contributed by atoms with Gasteiger partial charge in [0, 0.05) is 6.42 Å². The number of nitrogens with zero attached hydrogens (tertiary/aromatic N) is 1. The Hall–Kier alpha value is -1.27. The van der Waals surface area contributed by atoms with Crippen LogP contribution in [0.2, 0.25) is 0 Å². The van der Waals surface area contributed by atoms with Crippen LogP contribution in [0.15, 0.2) is 17.0 Å². The quantitative estimate of drug-likeness (QED) is 0.524. The van der Waals surface area contributed by atoms with Crippen molar-refractivity contribution >= 4 is 0 Å². The Balaban J connectivity index is 2.01. The first-order valence-electron chi connectivity index (χ1n) is 3.95. The number of hydrogen-bond donors (Lipinski definition) is 1. The van der Waals surface area contributed by atoms with Crippen molar-refractivity contribution in [2.45, 2.75) is 19.4 Å². The fourth-order valence-electron chi connectivity index (χ4n) is 0.856. The van der Waals surface area contributed by atoms with E-state index in [0.717, 1.165) is 31.7 Å². The van der Waals surface area contributed by atoms with Crippen LogP contribution in [0, 0.1) is 12.3 Å². The van der Waals surface area contributed by atoms with Crippen LogP contribution in [0.5, 0.6) is 0 Å². The average Bonchev–Trinajstić information content (AvgIpc) is 2.57. The van der Waals surface area contributed by atoms with Crippen molar-refractivity contribution in [1.82, 2.24) is 10.3 Å². The molecule has 0 unspecified atom stereocenters. The van der Waals surface area contributed by atoms with Gasteiger partial charge in [-0.15, -0.1) is 12.3 Å². The molecule has 1 N–H and O–H groups in total. The molecule has 3 nitrogen and oxygen atoms in total. The lowest BCUT2D eigenvalue weighted by Crippen LogP contribution is -2.13. The lowest BCUT2D eigenvalue weighted by Gasteiger charge is -1.98. The Labute approximate surface area is 72.2 Å². The Bertz CT molecular complexity index is 236. The molecule has 64 valence electrons. The zero-order valence-electron chi connectivity index (χ0n) is 6.92. The zero-order chi connectivity index (χ0) is 8.65. The fourth-order valence-corrected chi connectivity index (χ4v) is 0.856. The largest absolute Gasteiger partial charge is 0.447 e. The first-order valence-corrected chi connectivity index (χ1v) is 3.95. The summed E-state index contributed by atoms with van der Waals surface area (Å²) in [5, 5.41) is 3.19. The summed E-state index contributed by atoms with van der Waals surface area (Å²) in [6.45, 7) is 1.65. The summed E-state index contributed by atoms with van der Waals surface area (Å²) >= 11 is 0. The molecule has 1 rings (SSSR count). The van der Waals surface area contributed by atoms with Gasteiger partial charge in [0.05, 0.1) is 12.7 Å². The lowest BCUT2D eigenvalue weighted by atomic mass is 10.3.